The highest BCUT2D eigenvalue weighted by Crippen LogP contribution is 2.18. The highest BCUT2D eigenvalue weighted by molar-refractivity contribution is 5.77. The minimum atomic E-state index is -0.248. The monoisotopic (exact) mass is 249 g/mol. The first-order valence-electron chi connectivity index (χ1n) is 6.28. The second-order valence-electron chi connectivity index (χ2n) is 4.68. The Bertz CT molecular complexity index is 534. The van der Waals surface area contributed by atoms with Crippen molar-refractivity contribution in [3.05, 3.63) is 24.0 Å². The van der Waals surface area contributed by atoms with Crippen LogP contribution in [0.2, 0.25) is 0 Å². The molecule has 1 saturated heterocycles. The van der Waals surface area contributed by atoms with Crippen molar-refractivity contribution >= 4 is 17.0 Å². The fourth-order valence-corrected chi connectivity index (χ4v) is 2.26. The Hall–Kier alpha value is -1.62. The smallest absolute Gasteiger partial charge is 0.201 e. The van der Waals surface area contributed by atoms with Crippen LogP contribution >= 0.6 is 0 Å². The van der Waals surface area contributed by atoms with Crippen molar-refractivity contribution in [2.45, 2.75) is 12.8 Å². The summed E-state index contributed by atoms with van der Waals surface area (Å²) in [6.45, 7) is 2.57. The van der Waals surface area contributed by atoms with Crippen LogP contribution in [0.5, 0.6) is 0 Å². The van der Waals surface area contributed by atoms with Crippen LogP contribution in [-0.2, 0) is 4.74 Å². The van der Waals surface area contributed by atoms with Crippen LogP contribution in [0, 0.1) is 11.7 Å². The van der Waals surface area contributed by atoms with Gasteiger partial charge in [0.15, 0.2) is 0 Å². The van der Waals surface area contributed by atoms with Crippen LogP contribution in [-0.4, -0.2) is 29.7 Å². The van der Waals surface area contributed by atoms with Crippen LogP contribution < -0.4 is 5.32 Å². The number of aromatic nitrogens is 2. The number of ether oxygens (including phenoxy) is 1. The molecule has 0 amide bonds. The summed E-state index contributed by atoms with van der Waals surface area (Å²) in [6, 6.07) is 4.56. The molecule has 96 valence electrons. The summed E-state index contributed by atoms with van der Waals surface area (Å²) in [6.07, 6.45) is 2.17. The number of aromatic amines is 1. The van der Waals surface area contributed by atoms with Crippen LogP contribution in [0.15, 0.2) is 18.2 Å². The fraction of sp³-hybridized carbons (Fsp3) is 0.462. The van der Waals surface area contributed by atoms with E-state index >= 15 is 0 Å². The predicted octanol–water partition coefficient (Wildman–Crippen LogP) is 2.54. The van der Waals surface area contributed by atoms with Gasteiger partial charge in [-0.25, -0.2) is 9.37 Å². The Morgan fingerprint density at radius 3 is 3.06 bits per heavy atom. The first-order chi connectivity index (χ1) is 8.81. The maximum absolute atomic E-state index is 13.0. The van der Waals surface area contributed by atoms with Gasteiger partial charge in [-0.15, -0.1) is 0 Å². The van der Waals surface area contributed by atoms with Gasteiger partial charge in [-0.05, 0) is 37.0 Å². The number of hydrogen-bond donors (Lipinski definition) is 2. The molecule has 3 rings (SSSR count). The second-order valence-corrected chi connectivity index (χ2v) is 4.68. The zero-order valence-electron chi connectivity index (χ0n) is 10.1. The Kier molecular flexibility index (Phi) is 3.15. The number of nitrogens with one attached hydrogen (secondary N) is 2. The summed E-state index contributed by atoms with van der Waals surface area (Å²) in [5, 5.41) is 3.28. The van der Waals surface area contributed by atoms with E-state index in [0.717, 1.165) is 43.6 Å². The highest BCUT2D eigenvalue weighted by atomic mass is 19.1. The number of anilines is 1. The second kappa shape index (κ2) is 4.94. The van der Waals surface area contributed by atoms with E-state index in [0.29, 0.717) is 11.9 Å². The van der Waals surface area contributed by atoms with Crippen molar-refractivity contribution in [1.82, 2.24) is 9.97 Å². The molecular formula is C13H16FN3O. The van der Waals surface area contributed by atoms with E-state index in [1.165, 1.54) is 12.1 Å². The molecule has 1 aromatic carbocycles. The van der Waals surface area contributed by atoms with Gasteiger partial charge >= 0.3 is 0 Å². The first kappa shape index (κ1) is 11.5. The summed E-state index contributed by atoms with van der Waals surface area (Å²) in [7, 11) is 0. The maximum Gasteiger partial charge on any atom is 0.201 e. The molecule has 0 radical (unpaired) electrons. The van der Waals surface area contributed by atoms with E-state index < -0.39 is 0 Å². The molecule has 0 bridgehead atoms. The maximum atomic E-state index is 13.0. The largest absolute Gasteiger partial charge is 0.381 e. The number of fused-ring (bicyclic) bond motifs is 1. The van der Waals surface area contributed by atoms with Crippen LogP contribution in [0.4, 0.5) is 10.3 Å². The van der Waals surface area contributed by atoms with Gasteiger partial charge in [0.05, 0.1) is 11.0 Å². The van der Waals surface area contributed by atoms with Gasteiger partial charge in [0.2, 0.25) is 5.95 Å². The molecule has 0 spiro atoms. The predicted molar refractivity (Wildman–Crippen MR) is 68.1 cm³/mol. The summed E-state index contributed by atoms with van der Waals surface area (Å²) >= 11 is 0. The highest BCUT2D eigenvalue weighted by Gasteiger charge is 2.14. The van der Waals surface area contributed by atoms with Crippen LogP contribution in [0.25, 0.3) is 11.0 Å². The van der Waals surface area contributed by atoms with Gasteiger partial charge in [0.1, 0.15) is 5.82 Å². The van der Waals surface area contributed by atoms with E-state index in [-0.39, 0.29) is 5.82 Å². The van der Waals surface area contributed by atoms with Gasteiger partial charge in [0, 0.05) is 19.8 Å². The molecular weight excluding hydrogens is 233 g/mol. The van der Waals surface area contributed by atoms with Gasteiger partial charge in [-0.1, -0.05) is 0 Å². The lowest BCUT2D eigenvalue weighted by Gasteiger charge is -2.21. The summed E-state index contributed by atoms with van der Waals surface area (Å²) in [5.74, 6) is 1.09. The van der Waals surface area contributed by atoms with E-state index in [9.17, 15) is 4.39 Å². The molecule has 4 nitrogen and oxygen atoms in total. The van der Waals surface area contributed by atoms with Crippen molar-refractivity contribution in [1.29, 1.82) is 0 Å². The Morgan fingerprint density at radius 2 is 2.22 bits per heavy atom. The number of rotatable bonds is 3. The molecule has 1 aliphatic heterocycles. The standard InChI is InChI=1S/C13H16FN3O/c14-10-1-2-11-12(7-10)17-13(16-11)15-8-9-3-5-18-6-4-9/h1-2,7,9H,3-6,8H2,(H2,15,16,17). The number of halogens is 1. The molecule has 2 aromatic rings. The minimum Gasteiger partial charge on any atom is -0.381 e. The molecule has 2 heterocycles. The van der Waals surface area contributed by atoms with Crippen LogP contribution in [0.3, 0.4) is 0 Å². The molecule has 1 fully saturated rings. The molecule has 1 aliphatic rings. The van der Waals surface area contributed by atoms with Gasteiger partial charge < -0.3 is 15.0 Å². The lowest BCUT2D eigenvalue weighted by atomic mass is 10.0. The van der Waals surface area contributed by atoms with E-state index in [1.807, 2.05) is 0 Å². The first-order valence-corrected chi connectivity index (χ1v) is 6.28. The van der Waals surface area contributed by atoms with Crippen molar-refractivity contribution in [2.24, 2.45) is 5.92 Å². The van der Waals surface area contributed by atoms with Gasteiger partial charge in [0.25, 0.3) is 0 Å². The minimum absolute atomic E-state index is 0.248. The van der Waals surface area contributed by atoms with Gasteiger partial charge in [-0.2, -0.15) is 0 Å². The number of imidazole rings is 1. The Balaban J connectivity index is 1.67. The lowest BCUT2D eigenvalue weighted by molar-refractivity contribution is 0.0699. The summed E-state index contributed by atoms with van der Waals surface area (Å²) in [4.78, 5) is 7.46. The van der Waals surface area contributed by atoms with Crippen molar-refractivity contribution in [3.63, 3.8) is 0 Å². The Labute approximate surface area is 105 Å². The quantitative estimate of drug-likeness (QED) is 0.878. The van der Waals surface area contributed by atoms with Crippen molar-refractivity contribution < 1.29 is 9.13 Å². The number of H-pyrrole nitrogens is 1. The number of hydrogen-bond acceptors (Lipinski definition) is 3. The molecule has 0 atom stereocenters. The van der Waals surface area contributed by atoms with E-state index in [2.05, 4.69) is 15.3 Å². The third kappa shape index (κ3) is 2.46. The van der Waals surface area contributed by atoms with E-state index in [1.54, 1.807) is 6.07 Å². The third-order valence-corrected chi connectivity index (χ3v) is 3.34. The average molecular weight is 249 g/mol. The van der Waals surface area contributed by atoms with Gasteiger partial charge in [-0.3, -0.25) is 0 Å². The summed E-state index contributed by atoms with van der Waals surface area (Å²) < 4.78 is 18.4. The zero-order valence-corrected chi connectivity index (χ0v) is 10.1. The lowest BCUT2D eigenvalue weighted by Crippen LogP contribution is -2.22. The fourth-order valence-electron chi connectivity index (χ4n) is 2.26. The van der Waals surface area contributed by atoms with Crippen LogP contribution in [0.1, 0.15) is 12.8 Å². The average Bonchev–Trinajstić information content (AvgIpc) is 2.79. The normalized spacial score (nSPS) is 17.2. The zero-order chi connectivity index (χ0) is 12.4. The Morgan fingerprint density at radius 1 is 1.39 bits per heavy atom. The molecule has 2 N–H and O–H groups in total. The van der Waals surface area contributed by atoms with Crippen molar-refractivity contribution in [2.75, 3.05) is 25.1 Å². The molecule has 0 unspecified atom stereocenters. The van der Waals surface area contributed by atoms with Crippen molar-refractivity contribution in [3.8, 4) is 0 Å². The topological polar surface area (TPSA) is 49.9 Å². The molecule has 0 aliphatic carbocycles. The molecule has 18 heavy (non-hydrogen) atoms. The molecule has 1 aromatic heterocycles. The van der Waals surface area contributed by atoms with E-state index in [4.69, 9.17) is 4.74 Å². The number of benzene rings is 1. The number of nitrogens with zero attached hydrogens (tertiary/aromatic N) is 1. The summed E-state index contributed by atoms with van der Waals surface area (Å²) in [5.41, 5.74) is 1.51. The molecule has 5 heteroatoms. The SMILES string of the molecule is Fc1ccc2nc(NCC3CCOCC3)[nH]c2c1. The molecule has 0 saturated carbocycles. The third-order valence-electron chi connectivity index (χ3n) is 3.34.